The molecule has 3 nitrogen and oxygen atoms in total. The van der Waals surface area contributed by atoms with Gasteiger partial charge in [-0.15, -0.1) is 0 Å². The fourth-order valence-corrected chi connectivity index (χ4v) is 3.64. The number of rotatable bonds is 7. The van der Waals surface area contributed by atoms with E-state index in [0.717, 1.165) is 29.8 Å². The first-order chi connectivity index (χ1) is 16.5. The highest BCUT2D eigenvalue weighted by Crippen LogP contribution is 2.49. The van der Waals surface area contributed by atoms with E-state index in [1.165, 1.54) is 24.3 Å². The van der Waals surface area contributed by atoms with Crippen molar-refractivity contribution < 1.29 is 40.6 Å². The summed E-state index contributed by atoms with van der Waals surface area (Å²) in [5, 5.41) is 0. The third-order valence-electron chi connectivity index (χ3n) is 5.89. The molecule has 0 atom stereocenters. The van der Waals surface area contributed by atoms with E-state index in [1.54, 1.807) is 24.3 Å². The number of hydrogen-bond acceptors (Lipinski definition) is 3. The van der Waals surface area contributed by atoms with Gasteiger partial charge in [-0.1, -0.05) is 36.4 Å². The Morgan fingerprint density at radius 3 is 1.57 bits per heavy atom. The average Bonchev–Trinajstić information content (AvgIpc) is 3.63. The van der Waals surface area contributed by atoms with Crippen LogP contribution in [-0.4, -0.2) is 5.97 Å². The van der Waals surface area contributed by atoms with Gasteiger partial charge in [0.25, 0.3) is 0 Å². The predicted molar refractivity (Wildman–Crippen MR) is 114 cm³/mol. The molecule has 0 heterocycles. The van der Waals surface area contributed by atoms with Crippen LogP contribution in [0.1, 0.15) is 40.7 Å². The minimum absolute atomic E-state index is 0.0811. The maximum absolute atomic E-state index is 12.7. The normalized spacial score (nSPS) is 14.9. The van der Waals surface area contributed by atoms with Gasteiger partial charge >= 0.3 is 18.3 Å². The largest absolute Gasteiger partial charge is 0.489 e. The summed E-state index contributed by atoms with van der Waals surface area (Å²) in [5.41, 5.74) is -0.534. The van der Waals surface area contributed by atoms with Gasteiger partial charge in [0.2, 0.25) is 0 Å². The van der Waals surface area contributed by atoms with Crippen LogP contribution < -0.4 is 4.74 Å². The molecule has 0 N–H and O–H groups in total. The molecule has 0 amide bonds. The average molecular weight is 494 g/mol. The van der Waals surface area contributed by atoms with E-state index < -0.39 is 34.9 Å². The summed E-state index contributed by atoms with van der Waals surface area (Å²) in [6, 6.07) is 15.9. The van der Waals surface area contributed by atoms with Crippen molar-refractivity contribution in [3.8, 4) is 5.75 Å². The van der Waals surface area contributed by atoms with Crippen molar-refractivity contribution >= 4 is 5.97 Å². The molecule has 0 aromatic heterocycles. The number of esters is 1. The van der Waals surface area contributed by atoms with Gasteiger partial charge in [0, 0.05) is 0 Å². The van der Waals surface area contributed by atoms with Gasteiger partial charge < -0.3 is 9.47 Å². The third kappa shape index (κ3) is 5.78. The van der Waals surface area contributed by atoms with Crippen LogP contribution in [0.2, 0.25) is 0 Å². The summed E-state index contributed by atoms with van der Waals surface area (Å²) in [6.45, 7) is -0.0508. The second kappa shape index (κ2) is 9.28. The summed E-state index contributed by atoms with van der Waals surface area (Å²) in [6.07, 6.45) is -7.65. The smallest absolute Gasteiger partial charge is 0.416 e. The van der Waals surface area contributed by atoms with Crippen molar-refractivity contribution in [3.63, 3.8) is 0 Å². The van der Waals surface area contributed by atoms with Gasteiger partial charge in [0.1, 0.15) is 19.0 Å². The Morgan fingerprint density at radius 2 is 1.14 bits per heavy atom. The van der Waals surface area contributed by atoms with Crippen molar-refractivity contribution in [2.75, 3.05) is 0 Å². The molecule has 3 aromatic carbocycles. The van der Waals surface area contributed by atoms with Crippen LogP contribution in [0.3, 0.4) is 0 Å². The molecule has 1 fully saturated rings. The summed E-state index contributed by atoms with van der Waals surface area (Å²) in [5.74, 6) is 0.0402. The molecule has 0 bridgehead atoms. The molecular formula is C26H20F6O3. The fourth-order valence-electron chi connectivity index (χ4n) is 3.64. The Morgan fingerprint density at radius 1 is 0.686 bits per heavy atom. The first kappa shape index (κ1) is 24.6. The molecule has 1 saturated carbocycles. The van der Waals surface area contributed by atoms with Crippen LogP contribution in [0.15, 0.2) is 72.8 Å². The number of hydrogen-bond donors (Lipinski definition) is 0. The number of alkyl halides is 6. The lowest BCUT2D eigenvalue weighted by Crippen LogP contribution is -2.23. The molecule has 0 radical (unpaired) electrons. The molecule has 0 unspecified atom stereocenters. The Labute approximate surface area is 197 Å². The number of carbonyl (C=O) groups is 1. The Kier molecular flexibility index (Phi) is 6.53. The third-order valence-corrected chi connectivity index (χ3v) is 5.89. The standard InChI is InChI=1S/C26H20F6O3/c27-25(28,29)20-5-1-17(2-6-20)15-34-22-11-9-19(10-12-22)24(13-14-24)23(33)35-16-18-3-7-21(8-4-18)26(30,31)32/h1-12H,13-16H2. The zero-order valence-corrected chi connectivity index (χ0v) is 18.2. The number of ether oxygens (including phenoxy) is 2. The van der Waals surface area contributed by atoms with Gasteiger partial charge in [-0.2, -0.15) is 26.3 Å². The first-order valence-electron chi connectivity index (χ1n) is 10.7. The maximum Gasteiger partial charge on any atom is 0.416 e. The SMILES string of the molecule is O=C(OCc1ccc(C(F)(F)F)cc1)C1(c2ccc(OCc3ccc(C(F)(F)F)cc3)cc2)CC1. The first-order valence-corrected chi connectivity index (χ1v) is 10.7. The van der Waals surface area contributed by atoms with Gasteiger partial charge in [-0.25, -0.2) is 0 Å². The van der Waals surface area contributed by atoms with Gasteiger partial charge in [-0.3, -0.25) is 4.79 Å². The summed E-state index contributed by atoms with van der Waals surface area (Å²) in [7, 11) is 0. The van der Waals surface area contributed by atoms with Crippen molar-refractivity contribution in [2.45, 2.75) is 43.8 Å². The number of halogens is 6. The Bertz CT molecular complexity index is 1160. The topological polar surface area (TPSA) is 35.5 Å². The molecule has 35 heavy (non-hydrogen) atoms. The van der Waals surface area contributed by atoms with E-state index in [0.29, 0.717) is 29.7 Å². The fraction of sp³-hybridized carbons (Fsp3) is 0.269. The van der Waals surface area contributed by atoms with E-state index >= 15 is 0 Å². The molecular weight excluding hydrogens is 474 g/mol. The van der Waals surface area contributed by atoms with Gasteiger partial charge in [0.15, 0.2) is 0 Å². The van der Waals surface area contributed by atoms with Crippen molar-refractivity contribution in [1.29, 1.82) is 0 Å². The highest BCUT2D eigenvalue weighted by Gasteiger charge is 2.52. The van der Waals surface area contributed by atoms with Crippen LogP contribution >= 0.6 is 0 Å². The van der Waals surface area contributed by atoms with E-state index in [9.17, 15) is 31.1 Å². The lowest BCUT2D eigenvalue weighted by molar-refractivity contribution is -0.148. The van der Waals surface area contributed by atoms with E-state index in [1.807, 2.05) is 0 Å². The zero-order valence-electron chi connectivity index (χ0n) is 18.2. The van der Waals surface area contributed by atoms with Crippen molar-refractivity contribution in [3.05, 3.63) is 101 Å². The van der Waals surface area contributed by atoms with Gasteiger partial charge in [-0.05, 0) is 65.9 Å². The van der Waals surface area contributed by atoms with E-state index in [2.05, 4.69) is 0 Å². The van der Waals surface area contributed by atoms with Gasteiger partial charge in [0.05, 0.1) is 16.5 Å². The second-order valence-electron chi connectivity index (χ2n) is 8.36. The second-order valence-corrected chi connectivity index (χ2v) is 8.36. The molecule has 0 saturated heterocycles. The Hall–Kier alpha value is -3.49. The minimum Gasteiger partial charge on any atom is -0.489 e. The number of benzene rings is 3. The zero-order chi connectivity index (χ0) is 25.3. The summed E-state index contributed by atoms with van der Waals surface area (Å²) in [4.78, 5) is 12.7. The maximum atomic E-state index is 12.7. The van der Waals surface area contributed by atoms with Crippen molar-refractivity contribution in [1.82, 2.24) is 0 Å². The summed E-state index contributed by atoms with van der Waals surface area (Å²) < 4.78 is 87.0. The highest BCUT2D eigenvalue weighted by molar-refractivity contribution is 5.86. The molecule has 184 valence electrons. The summed E-state index contributed by atoms with van der Waals surface area (Å²) >= 11 is 0. The molecule has 1 aliphatic carbocycles. The highest BCUT2D eigenvalue weighted by atomic mass is 19.4. The molecule has 0 aliphatic heterocycles. The minimum atomic E-state index is -4.43. The molecule has 4 rings (SSSR count). The molecule has 3 aromatic rings. The van der Waals surface area contributed by atoms with E-state index in [-0.39, 0.29) is 13.2 Å². The lowest BCUT2D eigenvalue weighted by Gasteiger charge is -2.16. The van der Waals surface area contributed by atoms with Crippen LogP contribution in [0.4, 0.5) is 26.3 Å². The Balaban J connectivity index is 1.32. The monoisotopic (exact) mass is 494 g/mol. The lowest BCUT2D eigenvalue weighted by atomic mass is 9.96. The molecule has 0 spiro atoms. The van der Waals surface area contributed by atoms with Crippen LogP contribution in [0.5, 0.6) is 5.75 Å². The van der Waals surface area contributed by atoms with Crippen molar-refractivity contribution in [2.24, 2.45) is 0 Å². The quantitative estimate of drug-likeness (QED) is 0.260. The van der Waals surface area contributed by atoms with Crippen LogP contribution in [-0.2, 0) is 40.5 Å². The van der Waals surface area contributed by atoms with Crippen LogP contribution in [0.25, 0.3) is 0 Å². The molecule has 9 heteroatoms. The number of carbonyl (C=O) groups excluding carboxylic acids is 1. The predicted octanol–water partition coefficient (Wildman–Crippen LogP) is 7.08. The van der Waals surface area contributed by atoms with E-state index in [4.69, 9.17) is 9.47 Å². The molecule has 1 aliphatic rings. The van der Waals surface area contributed by atoms with Crippen LogP contribution in [0, 0.1) is 0 Å².